The predicted molar refractivity (Wildman–Crippen MR) is 82.8 cm³/mol. The van der Waals surface area contributed by atoms with Crippen LogP contribution >= 0.6 is 0 Å². The zero-order valence-corrected chi connectivity index (χ0v) is 12.9. The van der Waals surface area contributed by atoms with Gasteiger partial charge in [-0.25, -0.2) is 8.78 Å². The van der Waals surface area contributed by atoms with Gasteiger partial charge in [-0.3, -0.25) is 14.9 Å². The van der Waals surface area contributed by atoms with Gasteiger partial charge in [-0.05, 0) is 44.2 Å². The Labute approximate surface area is 136 Å². The molecule has 8 heteroatoms. The first kappa shape index (κ1) is 17.3. The van der Waals surface area contributed by atoms with Crippen molar-refractivity contribution in [3.05, 3.63) is 64.2 Å². The zero-order chi connectivity index (χ0) is 17.9. The van der Waals surface area contributed by atoms with Crippen molar-refractivity contribution in [2.45, 2.75) is 19.4 Å². The largest absolute Gasteiger partial charge is 0.478 e. The molecule has 0 heterocycles. The molecule has 2 aromatic carbocycles. The average molecular weight is 336 g/mol. The van der Waals surface area contributed by atoms with E-state index in [1.165, 1.54) is 38.1 Å². The minimum absolute atomic E-state index is 0.246. The number of benzene rings is 2. The van der Waals surface area contributed by atoms with Crippen molar-refractivity contribution in [3.8, 4) is 5.75 Å². The third-order valence-corrected chi connectivity index (χ3v) is 3.14. The van der Waals surface area contributed by atoms with Crippen molar-refractivity contribution >= 4 is 17.3 Å². The van der Waals surface area contributed by atoms with Crippen LogP contribution in [0.15, 0.2) is 42.5 Å². The number of anilines is 1. The molecule has 0 unspecified atom stereocenters. The van der Waals surface area contributed by atoms with E-state index < -0.39 is 28.1 Å². The van der Waals surface area contributed by atoms with Crippen molar-refractivity contribution in [1.29, 1.82) is 0 Å². The van der Waals surface area contributed by atoms with Crippen LogP contribution in [0.2, 0.25) is 0 Å². The van der Waals surface area contributed by atoms with Gasteiger partial charge in [0.1, 0.15) is 17.4 Å². The Bertz CT molecular complexity index is 776. The van der Waals surface area contributed by atoms with Gasteiger partial charge < -0.3 is 10.1 Å². The fourth-order valence-corrected chi connectivity index (χ4v) is 1.84. The van der Waals surface area contributed by atoms with Crippen LogP contribution in [0.4, 0.5) is 20.2 Å². The number of nitro groups is 1. The minimum atomic E-state index is -1.42. The van der Waals surface area contributed by atoms with Crippen molar-refractivity contribution in [2.24, 2.45) is 0 Å². The Morgan fingerprint density at radius 3 is 2.38 bits per heavy atom. The SMILES string of the molecule is CC(C)(Oc1ccc(F)cc1)C(=O)Nc1cc([N+](=O)[O-])ccc1F. The van der Waals surface area contributed by atoms with E-state index in [-0.39, 0.29) is 17.1 Å². The number of ether oxygens (including phenoxy) is 1. The van der Waals surface area contributed by atoms with E-state index in [9.17, 15) is 23.7 Å². The molecular weight excluding hydrogens is 322 g/mol. The van der Waals surface area contributed by atoms with Crippen LogP contribution in [0.25, 0.3) is 0 Å². The van der Waals surface area contributed by atoms with Crippen LogP contribution < -0.4 is 10.1 Å². The van der Waals surface area contributed by atoms with Gasteiger partial charge in [0.05, 0.1) is 10.6 Å². The number of nitro benzene ring substituents is 1. The van der Waals surface area contributed by atoms with Crippen molar-refractivity contribution in [3.63, 3.8) is 0 Å². The number of hydrogen-bond acceptors (Lipinski definition) is 4. The summed E-state index contributed by atoms with van der Waals surface area (Å²) in [5.41, 5.74) is -2.11. The summed E-state index contributed by atoms with van der Waals surface area (Å²) in [5, 5.41) is 13.0. The fraction of sp³-hybridized carbons (Fsp3) is 0.188. The number of non-ortho nitro benzene ring substituents is 1. The summed E-state index contributed by atoms with van der Waals surface area (Å²) in [4.78, 5) is 22.3. The fourth-order valence-electron chi connectivity index (χ4n) is 1.84. The summed E-state index contributed by atoms with van der Waals surface area (Å²) in [7, 11) is 0. The van der Waals surface area contributed by atoms with E-state index >= 15 is 0 Å². The Hall–Kier alpha value is -3.03. The van der Waals surface area contributed by atoms with Crippen LogP contribution in [-0.2, 0) is 4.79 Å². The highest BCUT2D eigenvalue weighted by atomic mass is 19.1. The molecule has 0 bridgehead atoms. The van der Waals surface area contributed by atoms with Gasteiger partial charge in [0.25, 0.3) is 11.6 Å². The average Bonchev–Trinajstić information content (AvgIpc) is 2.51. The lowest BCUT2D eigenvalue weighted by molar-refractivity contribution is -0.384. The smallest absolute Gasteiger partial charge is 0.271 e. The summed E-state index contributed by atoms with van der Waals surface area (Å²) in [5.74, 6) is -1.74. The normalized spacial score (nSPS) is 11.0. The maximum atomic E-state index is 13.7. The molecule has 0 fully saturated rings. The molecule has 0 radical (unpaired) electrons. The van der Waals surface area contributed by atoms with Gasteiger partial charge >= 0.3 is 0 Å². The van der Waals surface area contributed by atoms with E-state index in [2.05, 4.69) is 5.32 Å². The molecule has 0 aliphatic rings. The molecule has 6 nitrogen and oxygen atoms in total. The molecule has 0 saturated carbocycles. The Kier molecular flexibility index (Phi) is 4.77. The number of amides is 1. The molecule has 0 atom stereocenters. The molecule has 0 aliphatic heterocycles. The summed E-state index contributed by atoms with van der Waals surface area (Å²) >= 11 is 0. The summed E-state index contributed by atoms with van der Waals surface area (Å²) in [6.45, 7) is 2.86. The van der Waals surface area contributed by atoms with Crippen LogP contribution in [0, 0.1) is 21.7 Å². The molecule has 0 aliphatic carbocycles. The maximum Gasteiger partial charge on any atom is 0.271 e. The second kappa shape index (κ2) is 6.61. The molecule has 0 spiro atoms. The molecule has 0 aromatic heterocycles. The molecule has 24 heavy (non-hydrogen) atoms. The second-order valence-corrected chi connectivity index (χ2v) is 5.44. The van der Waals surface area contributed by atoms with E-state index in [1.54, 1.807) is 0 Å². The lowest BCUT2D eigenvalue weighted by Crippen LogP contribution is -2.42. The van der Waals surface area contributed by atoms with Gasteiger partial charge in [0.15, 0.2) is 5.60 Å². The van der Waals surface area contributed by atoms with Crippen LogP contribution in [0.3, 0.4) is 0 Å². The van der Waals surface area contributed by atoms with Crippen LogP contribution in [0.1, 0.15) is 13.8 Å². The van der Waals surface area contributed by atoms with E-state index in [4.69, 9.17) is 4.74 Å². The zero-order valence-electron chi connectivity index (χ0n) is 12.9. The highest BCUT2D eigenvalue weighted by molar-refractivity contribution is 5.97. The number of carbonyl (C=O) groups is 1. The summed E-state index contributed by atoms with van der Waals surface area (Å²) in [6, 6.07) is 7.83. The lowest BCUT2D eigenvalue weighted by atomic mass is 10.1. The first-order valence-corrected chi connectivity index (χ1v) is 6.89. The Morgan fingerprint density at radius 2 is 1.79 bits per heavy atom. The molecule has 1 N–H and O–H groups in total. The number of halogens is 2. The van der Waals surface area contributed by atoms with E-state index in [0.717, 1.165) is 18.2 Å². The third kappa shape index (κ3) is 4.03. The number of nitrogens with zero attached hydrogens (tertiary/aromatic N) is 1. The third-order valence-electron chi connectivity index (χ3n) is 3.14. The van der Waals surface area contributed by atoms with Crippen molar-refractivity contribution < 1.29 is 23.2 Å². The monoisotopic (exact) mass is 336 g/mol. The van der Waals surface area contributed by atoms with Crippen molar-refractivity contribution in [2.75, 3.05) is 5.32 Å². The van der Waals surface area contributed by atoms with Crippen molar-refractivity contribution in [1.82, 2.24) is 0 Å². The quantitative estimate of drug-likeness (QED) is 0.667. The maximum absolute atomic E-state index is 13.7. The van der Waals surface area contributed by atoms with E-state index in [0.29, 0.717) is 0 Å². The highest BCUT2D eigenvalue weighted by Crippen LogP contribution is 2.24. The van der Waals surface area contributed by atoms with Gasteiger partial charge in [0.2, 0.25) is 0 Å². The highest BCUT2D eigenvalue weighted by Gasteiger charge is 2.31. The number of hydrogen-bond donors (Lipinski definition) is 1. The first-order valence-electron chi connectivity index (χ1n) is 6.89. The van der Waals surface area contributed by atoms with E-state index in [1.807, 2.05) is 0 Å². The Balaban J connectivity index is 2.17. The topological polar surface area (TPSA) is 81.5 Å². The minimum Gasteiger partial charge on any atom is -0.478 e. The molecule has 1 amide bonds. The van der Waals surface area contributed by atoms with Gasteiger partial charge in [0, 0.05) is 12.1 Å². The predicted octanol–water partition coefficient (Wildman–Crippen LogP) is 3.67. The molecular formula is C16H14F2N2O4. The molecule has 2 rings (SSSR count). The van der Waals surface area contributed by atoms with Crippen LogP contribution in [-0.4, -0.2) is 16.4 Å². The summed E-state index contributed by atoms with van der Waals surface area (Å²) in [6.07, 6.45) is 0. The van der Waals surface area contributed by atoms with Gasteiger partial charge in [-0.15, -0.1) is 0 Å². The Morgan fingerprint density at radius 1 is 1.17 bits per heavy atom. The molecule has 2 aromatic rings. The standard InChI is InChI=1S/C16H14F2N2O4/c1-16(2,24-12-6-3-10(17)4-7-12)15(21)19-14-9-11(20(22)23)5-8-13(14)18/h3-9H,1-2H3,(H,19,21). The van der Waals surface area contributed by atoms with Gasteiger partial charge in [-0.1, -0.05) is 0 Å². The number of carbonyl (C=O) groups excluding carboxylic acids is 1. The number of nitrogens with one attached hydrogen (secondary N) is 1. The number of rotatable bonds is 5. The first-order chi connectivity index (χ1) is 11.2. The van der Waals surface area contributed by atoms with Crippen LogP contribution in [0.5, 0.6) is 5.75 Å². The second-order valence-electron chi connectivity index (χ2n) is 5.44. The molecule has 0 saturated heterocycles. The summed E-state index contributed by atoms with van der Waals surface area (Å²) < 4.78 is 32.1. The van der Waals surface area contributed by atoms with Gasteiger partial charge in [-0.2, -0.15) is 0 Å². The molecule has 126 valence electrons. The lowest BCUT2D eigenvalue weighted by Gasteiger charge is -2.25.